The molecule has 0 radical (unpaired) electrons. The van der Waals surface area contributed by atoms with E-state index in [2.05, 4.69) is 10.3 Å². The number of pyridine rings is 1. The summed E-state index contributed by atoms with van der Waals surface area (Å²) in [5, 5.41) is 2.75. The van der Waals surface area contributed by atoms with Gasteiger partial charge in [-0.15, -0.1) is 0 Å². The van der Waals surface area contributed by atoms with Gasteiger partial charge >= 0.3 is 5.97 Å². The number of carbonyl (C=O) groups excluding carboxylic acids is 2. The Morgan fingerprint density at radius 3 is 2.23 bits per heavy atom. The monoisotopic (exact) mass is 346 g/mol. The smallest absolute Gasteiger partial charge is 0.343 e. The number of nitrogens with one attached hydrogen (secondary N) is 1. The van der Waals surface area contributed by atoms with Gasteiger partial charge in [-0.05, 0) is 62.4 Å². The minimum atomic E-state index is -0.427. The molecule has 5 nitrogen and oxygen atoms in total. The molecule has 0 saturated heterocycles. The van der Waals surface area contributed by atoms with Crippen molar-refractivity contribution in [2.75, 3.05) is 5.32 Å². The van der Waals surface area contributed by atoms with Crippen LogP contribution in [0, 0.1) is 13.8 Å². The number of aryl methyl sites for hydroxylation is 2. The molecule has 26 heavy (non-hydrogen) atoms. The zero-order chi connectivity index (χ0) is 18.5. The van der Waals surface area contributed by atoms with Crippen molar-refractivity contribution in [3.63, 3.8) is 0 Å². The molecule has 1 aromatic heterocycles. The first-order chi connectivity index (χ1) is 12.5. The molecule has 0 aliphatic heterocycles. The van der Waals surface area contributed by atoms with E-state index in [-0.39, 0.29) is 5.91 Å². The first-order valence-corrected chi connectivity index (χ1v) is 8.13. The highest BCUT2D eigenvalue weighted by molar-refractivity contribution is 6.04. The normalized spacial score (nSPS) is 10.2. The Morgan fingerprint density at radius 1 is 0.923 bits per heavy atom. The Labute approximate surface area is 151 Å². The molecule has 2 aromatic carbocycles. The lowest BCUT2D eigenvalue weighted by Gasteiger charge is -2.08. The van der Waals surface area contributed by atoms with Gasteiger partial charge in [-0.25, -0.2) is 4.79 Å². The molecule has 0 bridgehead atoms. The van der Waals surface area contributed by atoms with E-state index in [9.17, 15) is 9.59 Å². The summed E-state index contributed by atoms with van der Waals surface area (Å²) in [6.45, 7) is 3.86. The first kappa shape index (κ1) is 17.4. The molecule has 0 unspecified atom stereocenters. The van der Waals surface area contributed by atoms with Crippen LogP contribution in [0.5, 0.6) is 5.75 Å². The minimum Gasteiger partial charge on any atom is -0.423 e. The molecule has 0 aliphatic rings. The summed E-state index contributed by atoms with van der Waals surface area (Å²) < 4.78 is 5.38. The van der Waals surface area contributed by atoms with Gasteiger partial charge < -0.3 is 10.1 Å². The lowest BCUT2D eigenvalue weighted by Crippen LogP contribution is -2.12. The van der Waals surface area contributed by atoms with Crippen molar-refractivity contribution in [3.8, 4) is 5.75 Å². The number of rotatable bonds is 4. The SMILES string of the molecule is Cc1cc(C)cc(C(=O)Oc2ccc(C(=O)Nc3cccnc3)cc2)c1. The molecule has 1 heterocycles. The molecule has 0 fully saturated rings. The van der Waals surface area contributed by atoms with E-state index in [0.29, 0.717) is 22.6 Å². The average molecular weight is 346 g/mol. The Morgan fingerprint density at radius 2 is 1.62 bits per heavy atom. The zero-order valence-corrected chi connectivity index (χ0v) is 14.5. The lowest BCUT2D eigenvalue weighted by molar-refractivity contribution is 0.0734. The molecular weight excluding hydrogens is 328 g/mol. The second-order valence-electron chi connectivity index (χ2n) is 5.99. The van der Waals surface area contributed by atoms with Gasteiger partial charge in [-0.1, -0.05) is 17.2 Å². The van der Waals surface area contributed by atoms with E-state index < -0.39 is 5.97 Å². The molecular formula is C21H18N2O3. The maximum Gasteiger partial charge on any atom is 0.343 e. The molecule has 1 N–H and O–H groups in total. The van der Waals surface area contributed by atoms with Crippen LogP contribution in [0.2, 0.25) is 0 Å². The number of benzene rings is 2. The van der Waals surface area contributed by atoms with Gasteiger partial charge in [-0.2, -0.15) is 0 Å². The van der Waals surface area contributed by atoms with Crippen molar-refractivity contribution in [2.45, 2.75) is 13.8 Å². The third-order valence-electron chi connectivity index (χ3n) is 3.70. The van der Waals surface area contributed by atoms with Crippen LogP contribution in [0.15, 0.2) is 67.0 Å². The number of nitrogens with zero attached hydrogens (tertiary/aromatic N) is 1. The van der Waals surface area contributed by atoms with E-state index in [4.69, 9.17) is 4.74 Å². The highest BCUT2D eigenvalue weighted by Crippen LogP contribution is 2.17. The van der Waals surface area contributed by atoms with E-state index in [1.165, 1.54) is 0 Å². The molecule has 3 aromatic rings. The van der Waals surface area contributed by atoms with Gasteiger partial charge in [0, 0.05) is 11.8 Å². The van der Waals surface area contributed by atoms with Gasteiger partial charge in [0.2, 0.25) is 0 Å². The van der Waals surface area contributed by atoms with Crippen molar-refractivity contribution >= 4 is 17.6 Å². The number of aromatic nitrogens is 1. The second-order valence-corrected chi connectivity index (χ2v) is 5.99. The van der Waals surface area contributed by atoms with Gasteiger partial charge in [-0.3, -0.25) is 9.78 Å². The van der Waals surface area contributed by atoms with E-state index >= 15 is 0 Å². The van der Waals surface area contributed by atoms with Gasteiger partial charge in [0.15, 0.2) is 0 Å². The Bertz CT molecular complexity index is 915. The first-order valence-electron chi connectivity index (χ1n) is 8.13. The number of hydrogen-bond acceptors (Lipinski definition) is 4. The van der Waals surface area contributed by atoms with E-state index in [0.717, 1.165) is 11.1 Å². The highest BCUT2D eigenvalue weighted by Gasteiger charge is 2.11. The number of esters is 1. The quantitative estimate of drug-likeness (QED) is 0.569. The second kappa shape index (κ2) is 7.61. The summed E-state index contributed by atoms with van der Waals surface area (Å²) in [5.74, 6) is -0.304. The molecule has 0 spiro atoms. The van der Waals surface area contributed by atoms with Crippen LogP contribution >= 0.6 is 0 Å². The van der Waals surface area contributed by atoms with Gasteiger partial charge in [0.1, 0.15) is 5.75 Å². The fraction of sp³-hybridized carbons (Fsp3) is 0.0952. The van der Waals surface area contributed by atoms with Crippen LogP contribution < -0.4 is 10.1 Å². The Kier molecular flexibility index (Phi) is 5.08. The standard InChI is InChI=1S/C21H18N2O3/c1-14-10-15(2)12-17(11-14)21(25)26-19-7-5-16(6-8-19)20(24)23-18-4-3-9-22-13-18/h3-13H,1-2H3,(H,23,24). The van der Waals surface area contributed by atoms with Crippen molar-refractivity contribution in [2.24, 2.45) is 0 Å². The molecule has 0 atom stereocenters. The van der Waals surface area contributed by atoms with Crippen LogP contribution in [-0.4, -0.2) is 16.9 Å². The average Bonchev–Trinajstić information content (AvgIpc) is 2.62. The maximum absolute atomic E-state index is 12.3. The van der Waals surface area contributed by atoms with Crippen molar-refractivity contribution < 1.29 is 14.3 Å². The summed E-state index contributed by atoms with van der Waals surface area (Å²) in [5.41, 5.74) is 3.57. The van der Waals surface area contributed by atoms with Crippen LogP contribution in [0.25, 0.3) is 0 Å². The summed E-state index contributed by atoms with van der Waals surface area (Å²) in [4.78, 5) is 28.4. The number of amides is 1. The van der Waals surface area contributed by atoms with Crippen LogP contribution in [-0.2, 0) is 0 Å². The van der Waals surface area contributed by atoms with Gasteiger partial charge in [0.25, 0.3) is 5.91 Å². The zero-order valence-electron chi connectivity index (χ0n) is 14.5. The number of hydrogen-bond donors (Lipinski definition) is 1. The number of carbonyl (C=O) groups is 2. The highest BCUT2D eigenvalue weighted by atomic mass is 16.5. The molecule has 0 aliphatic carbocycles. The summed E-state index contributed by atoms with van der Waals surface area (Å²) in [6, 6.07) is 15.5. The van der Waals surface area contributed by atoms with Crippen LogP contribution in [0.1, 0.15) is 31.8 Å². The third-order valence-corrected chi connectivity index (χ3v) is 3.70. The van der Waals surface area contributed by atoms with Gasteiger partial charge in [0.05, 0.1) is 17.4 Å². The van der Waals surface area contributed by atoms with Crippen LogP contribution in [0.3, 0.4) is 0 Å². The largest absolute Gasteiger partial charge is 0.423 e. The molecule has 1 amide bonds. The fourth-order valence-corrected chi connectivity index (χ4v) is 2.57. The van der Waals surface area contributed by atoms with Crippen molar-refractivity contribution in [1.29, 1.82) is 0 Å². The summed E-state index contributed by atoms with van der Waals surface area (Å²) in [7, 11) is 0. The maximum atomic E-state index is 12.3. The fourth-order valence-electron chi connectivity index (χ4n) is 2.57. The Hall–Kier alpha value is -3.47. The van der Waals surface area contributed by atoms with Crippen molar-refractivity contribution in [1.82, 2.24) is 4.98 Å². The molecule has 0 saturated carbocycles. The van der Waals surface area contributed by atoms with Crippen molar-refractivity contribution in [3.05, 3.63) is 89.2 Å². The number of ether oxygens (including phenoxy) is 1. The third kappa shape index (κ3) is 4.33. The predicted octanol–water partition coefficient (Wildman–Crippen LogP) is 4.17. The molecule has 130 valence electrons. The summed E-state index contributed by atoms with van der Waals surface area (Å²) >= 11 is 0. The topological polar surface area (TPSA) is 68.3 Å². The number of anilines is 1. The van der Waals surface area contributed by atoms with Crippen LogP contribution in [0.4, 0.5) is 5.69 Å². The summed E-state index contributed by atoms with van der Waals surface area (Å²) in [6.07, 6.45) is 3.20. The molecule has 5 heteroatoms. The lowest BCUT2D eigenvalue weighted by atomic mass is 10.1. The Balaban J connectivity index is 1.67. The minimum absolute atomic E-state index is 0.259. The van der Waals surface area contributed by atoms with E-state index in [1.807, 2.05) is 19.9 Å². The molecule has 3 rings (SSSR count). The van der Waals surface area contributed by atoms with E-state index in [1.54, 1.807) is 60.9 Å². The predicted molar refractivity (Wildman–Crippen MR) is 99.5 cm³/mol.